The lowest BCUT2D eigenvalue weighted by molar-refractivity contribution is -0.121. The lowest BCUT2D eigenvalue weighted by atomic mass is 10.0. The normalized spacial score (nSPS) is 11.5. The number of nitrogens with zero attached hydrogens (tertiary/aromatic N) is 2. The molecule has 146 valence electrons. The second-order valence-corrected chi connectivity index (χ2v) is 7.85. The Balaban J connectivity index is 1.92. The van der Waals surface area contributed by atoms with Crippen molar-refractivity contribution < 1.29 is 14.1 Å². The number of carbonyl (C=O) groups excluding carboxylic acids is 2. The van der Waals surface area contributed by atoms with E-state index in [-0.39, 0.29) is 23.9 Å². The van der Waals surface area contributed by atoms with Crippen LogP contribution in [-0.4, -0.2) is 34.0 Å². The van der Waals surface area contributed by atoms with Gasteiger partial charge in [0.05, 0.1) is 28.9 Å². The summed E-state index contributed by atoms with van der Waals surface area (Å²) < 4.78 is 5.30. The van der Waals surface area contributed by atoms with E-state index in [1.54, 1.807) is 13.0 Å². The maximum absolute atomic E-state index is 12.8. The molecule has 2 N–H and O–H groups in total. The predicted molar refractivity (Wildman–Crippen MR) is 107 cm³/mol. The van der Waals surface area contributed by atoms with E-state index in [2.05, 4.69) is 20.8 Å². The first-order valence-corrected chi connectivity index (χ1v) is 9.07. The Labute approximate surface area is 163 Å². The number of amides is 2. The summed E-state index contributed by atoms with van der Waals surface area (Å²) in [5.74, 6) is -0.636. The standard InChI is InChI=1S/C21H24N4O3/c1-12-6-8-14(9-7-12)16-10-15(18-13(2)25-28-20(18)23-16)19(27)22-11-17(26)24-21(3,4)5/h6-10H,11H2,1-5H3,(H,22,27)(H,24,26). The molecule has 0 bridgehead atoms. The quantitative estimate of drug-likeness (QED) is 0.725. The van der Waals surface area contributed by atoms with Gasteiger partial charge in [0.1, 0.15) is 0 Å². The Morgan fingerprint density at radius 2 is 1.79 bits per heavy atom. The summed E-state index contributed by atoms with van der Waals surface area (Å²) in [6, 6.07) is 9.53. The summed E-state index contributed by atoms with van der Waals surface area (Å²) in [7, 11) is 0. The summed E-state index contributed by atoms with van der Waals surface area (Å²) >= 11 is 0. The average Bonchev–Trinajstić information content (AvgIpc) is 2.99. The van der Waals surface area contributed by atoms with Crippen LogP contribution in [0, 0.1) is 13.8 Å². The number of rotatable bonds is 4. The van der Waals surface area contributed by atoms with E-state index in [9.17, 15) is 9.59 Å². The van der Waals surface area contributed by atoms with Gasteiger partial charge in [0.25, 0.3) is 11.6 Å². The van der Waals surface area contributed by atoms with Gasteiger partial charge < -0.3 is 15.2 Å². The van der Waals surface area contributed by atoms with E-state index < -0.39 is 0 Å². The van der Waals surface area contributed by atoms with Crippen molar-refractivity contribution in [2.45, 2.75) is 40.2 Å². The molecule has 0 unspecified atom stereocenters. The molecule has 0 aliphatic carbocycles. The maximum atomic E-state index is 12.8. The fourth-order valence-corrected chi connectivity index (χ4v) is 2.86. The zero-order valence-electron chi connectivity index (χ0n) is 16.7. The van der Waals surface area contributed by atoms with Crippen molar-refractivity contribution in [2.24, 2.45) is 0 Å². The van der Waals surface area contributed by atoms with Crippen molar-refractivity contribution in [3.8, 4) is 11.3 Å². The van der Waals surface area contributed by atoms with Gasteiger partial charge in [-0.15, -0.1) is 0 Å². The van der Waals surface area contributed by atoms with E-state index >= 15 is 0 Å². The van der Waals surface area contributed by atoms with Gasteiger partial charge in [0.15, 0.2) is 0 Å². The molecule has 0 radical (unpaired) electrons. The molecule has 7 heteroatoms. The van der Waals surface area contributed by atoms with Crippen molar-refractivity contribution in [2.75, 3.05) is 6.54 Å². The van der Waals surface area contributed by atoms with Crippen LogP contribution >= 0.6 is 0 Å². The monoisotopic (exact) mass is 380 g/mol. The van der Waals surface area contributed by atoms with Crippen molar-refractivity contribution in [1.29, 1.82) is 0 Å². The number of aromatic nitrogens is 2. The molecule has 3 rings (SSSR count). The highest BCUT2D eigenvalue weighted by Crippen LogP contribution is 2.27. The molecular weight excluding hydrogens is 356 g/mol. The van der Waals surface area contributed by atoms with Gasteiger partial charge in [-0.1, -0.05) is 35.0 Å². The van der Waals surface area contributed by atoms with E-state index in [1.807, 2.05) is 52.0 Å². The Morgan fingerprint density at radius 3 is 2.43 bits per heavy atom. The molecule has 0 saturated carbocycles. The molecule has 0 atom stereocenters. The van der Waals surface area contributed by atoms with Gasteiger partial charge in [-0.2, -0.15) is 0 Å². The summed E-state index contributed by atoms with van der Waals surface area (Å²) in [5, 5.41) is 9.97. The van der Waals surface area contributed by atoms with Gasteiger partial charge in [-0.3, -0.25) is 9.59 Å². The van der Waals surface area contributed by atoms with Crippen LogP contribution in [-0.2, 0) is 4.79 Å². The van der Waals surface area contributed by atoms with E-state index in [0.717, 1.165) is 11.1 Å². The summed E-state index contributed by atoms with van der Waals surface area (Å²) in [4.78, 5) is 29.3. The minimum absolute atomic E-state index is 0.121. The SMILES string of the molecule is Cc1ccc(-c2cc(C(=O)NCC(=O)NC(C)(C)C)c3c(C)noc3n2)cc1. The van der Waals surface area contributed by atoms with Gasteiger partial charge in [-0.05, 0) is 40.7 Å². The highest BCUT2D eigenvalue weighted by molar-refractivity contribution is 6.07. The van der Waals surface area contributed by atoms with Gasteiger partial charge in [-0.25, -0.2) is 4.98 Å². The number of hydrogen-bond donors (Lipinski definition) is 2. The molecule has 2 heterocycles. The molecular formula is C21H24N4O3. The lowest BCUT2D eigenvalue weighted by Gasteiger charge is -2.20. The van der Waals surface area contributed by atoms with E-state index in [0.29, 0.717) is 28.1 Å². The van der Waals surface area contributed by atoms with Crippen LogP contribution in [0.1, 0.15) is 42.4 Å². The molecule has 0 aliphatic heterocycles. The Bertz CT molecular complexity index is 1030. The lowest BCUT2D eigenvalue weighted by Crippen LogP contribution is -2.45. The van der Waals surface area contributed by atoms with Gasteiger partial charge in [0.2, 0.25) is 5.91 Å². The molecule has 28 heavy (non-hydrogen) atoms. The van der Waals surface area contributed by atoms with E-state index in [4.69, 9.17) is 4.52 Å². The third-order valence-corrected chi connectivity index (χ3v) is 4.13. The molecule has 0 spiro atoms. The largest absolute Gasteiger partial charge is 0.350 e. The van der Waals surface area contributed by atoms with Gasteiger partial charge in [0, 0.05) is 11.1 Å². The van der Waals surface area contributed by atoms with Crippen molar-refractivity contribution >= 4 is 22.9 Å². The third kappa shape index (κ3) is 4.36. The number of aryl methyl sites for hydroxylation is 2. The zero-order chi connectivity index (χ0) is 20.5. The second-order valence-electron chi connectivity index (χ2n) is 7.85. The van der Waals surface area contributed by atoms with Crippen molar-refractivity contribution in [1.82, 2.24) is 20.8 Å². The van der Waals surface area contributed by atoms with Crippen molar-refractivity contribution in [3.05, 3.63) is 47.2 Å². The second kappa shape index (κ2) is 7.42. The molecule has 3 aromatic rings. The predicted octanol–water partition coefficient (Wildman–Crippen LogP) is 3.15. The minimum Gasteiger partial charge on any atom is -0.350 e. The van der Waals surface area contributed by atoms with Crippen LogP contribution in [0.2, 0.25) is 0 Å². The number of nitrogens with one attached hydrogen (secondary N) is 2. The minimum atomic E-state index is -0.379. The number of benzene rings is 1. The molecule has 0 fully saturated rings. The maximum Gasteiger partial charge on any atom is 0.259 e. The summed E-state index contributed by atoms with van der Waals surface area (Å²) in [5.41, 5.74) is 3.47. The van der Waals surface area contributed by atoms with Crippen LogP contribution in [0.4, 0.5) is 0 Å². The van der Waals surface area contributed by atoms with E-state index in [1.165, 1.54) is 0 Å². The van der Waals surface area contributed by atoms with Crippen LogP contribution < -0.4 is 10.6 Å². The molecule has 2 amide bonds. The number of pyridine rings is 1. The number of fused-ring (bicyclic) bond motifs is 1. The molecule has 1 aromatic carbocycles. The molecule has 2 aromatic heterocycles. The third-order valence-electron chi connectivity index (χ3n) is 4.13. The van der Waals surface area contributed by atoms with Crippen molar-refractivity contribution in [3.63, 3.8) is 0 Å². The summed E-state index contributed by atoms with van der Waals surface area (Å²) in [6.45, 7) is 9.28. The molecule has 7 nitrogen and oxygen atoms in total. The fraction of sp³-hybridized carbons (Fsp3) is 0.333. The fourth-order valence-electron chi connectivity index (χ4n) is 2.86. The van der Waals surface area contributed by atoms with Crippen LogP contribution in [0.3, 0.4) is 0 Å². The first kappa shape index (κ1) is 19.5. The Kier molecular flexibility index (Phi) is 5.18. The average molecular weight is 380 g/mol. The highest BCUT2D eigenvalue weighted by Gasteiger charge is 2.20. The zero-order valence-corrected chi connectivity index (χ0v) is 16.7. The number of hydrogen-bond acceptors (Lipinski definition) is 5. The molecule has 0 saturated heterocycles. The summed E-state index contributed by atoms with van der Waals surface area (Å²) in [6.07, 6.45) is 0. The van der Waals surface area contributed by atoms with Gasteiger partial charge >= 0.3 is 0 Å². The number of carbonyl (C=O) groups is 2. The Hall–Kier alpha value is -3.22. The first-order chi connectivity index (χ1) is 13.1. The molecule has 0 aliphatic rings. The highest BCUT2D eigenvalue weighted by atomic mass is 16.5. The first-order valence-electron chi connectivity index (χ1n) is 9.07. The smallest absolute Gasteiger partial charge is 0.259 e. The topological polar surface area (TPSA) is 97.1 Å². The Morgan fingerprint density at radius 1 is 1.11 bits per heavy atom. The van der Waals surface area contributed by atoms with Crippen LogP contribution in [0.25, 0.3) is 22.4 Å². The van der Waals surface area contributed by atoms with Crippen LogP contribution in [0.5, 0.6) is 0 Å². The van der Waals surface area contributed by atoms with Crippen LogP contribution in [0.15, 0.2) is 34.9 Å².